The number of nitrogens with one attached hydrogen (secondary N) is 2. The van der Waals surface area contributed by atoms with E-state index < -0.39 is 27.7 Å². The number of ether oxygens (including phenoxy) is 1. The average molecular weight is 294 g/mol. The molecule has 0 aromatic carbocycles. The Morgan fingerprint density at radius 1 is 1.32 bits per heavy atom. The van der Waals surface area contributed by atoms with Crippen molar-refractivity contribution in [3.05, 3.63) is 0 Å². The quantitative estimate of drug-likeness (QED) is 0.644. The van der Waals surface area contributed by atoms with Gasteiger partial charge >= 0.3 is 22.3 Å². The maximum Gasteiger partial charge on any atom is 0.421 e. The number of carboxylic acids is 1. The van der Waals surface area contributed by atoms with Crippen LogP contribution < -0.4 is 9.44 Å². The Kier molecular flexibility index (Phi) is 5.12. The zero-order valence-corrected chi connectivity index (χ0v) is 11.5. The Morgan fingerprint density at radius 2 is 1.89 bits per heavy atom. The number of amides is 1. The second-order valence-electron chi connectivity index (χ2n) is 4.44. The predicted molar refractivity (Wildman–Crippen MR) is 65.6 cm³/mol. The van der Waals surface area contributed by atoms with E-state index in [1.54, 1.807) is 4.72 Å². The number of carbonyl (C=O) groups is 2. The maximum absolute atomic E-state index is 11.5. The van der Waals surface area contributed by atoms with E-state index in [0.29, 0.717) is 12.8 Å². The Balaban J connectivity index is 2.59. The van der Waals surface area contributed by atoms with Crippen molar-refractivity contribution >= 4 is 22.3 Å². The molecule has 0 spiro atoms. The second-order valence-corrected chi connectivity index (χ2v) is 5.94. The van der Waals surface area contributed by atoms with Gasteiger partial charge in [-0.05, 0) is 19.8 Å². The van der Waals surface area contributed by atoms with E-state index in [0.717, 1.165) is 12.8 Å². The first-order chi connectivity index (χ1) is 8.81. The lowest BCUT2D eigenvalue weighted by Crippen LogP contribution is -2.47. The summed E-state index contributed by atoms with van der Waals surface area (Å²) in [6, 6.07) is 0. The lowest BCUT2D eigenvalue weighted by atomic mass is 9.87. The topological polar surface area (TPSA) is 122 Å². The van der Waals surface area contributed by atoms with Crippen LogP contribution in [-0.4, -0.2) is 38.7 Å². The summed E-state index contributed by atoms with van der Waals surface area (Å²) in [6.45, 7) is 1.34. The summed E-state index contributed by atoms with van der Waals surface area (Å²) in [5, 5.41) is 9.18. The van der Waals surface area contributed by atoms with Crippen LogP contribution in [0.2, 0.25) is 0 Å². The minimum atomic E-state index is -4.10. The largest absolute Gasteiger partial charge is 0.481 e. The van der Waals surface area contributed by atoms with Crippen LogP contribution in [0.4, 0.5) is 4.79 Å². The van der Waals surface area contributed by atoms with Crippen LogP contribution in [0.15, 0.2) is 0 Å². The second kappa shape index (κ2) is 6.20. The highest BCUT2D eigenvalue weighted by Crippen LogP contribution is 2.37. The molecule has 1 fully saturated rings. The van der Waals surface area contributed by atoms with E-state index in [2.05, 4.69) is 9.46 Å². The number of aliphatic carboxylic acids is 1. The molecule has 1 saturated carbocycles. The molecule has 8 nitrogen and oxygen atoms in total. The van der Waals surface area contributed by atoms with Gasteiger partial charge in [0.1, 0.15) is 0 Å². The summed E-state index contributed by atoms with van der Waals surface area (Å²) in [5.74, 6) is -1.02. The first-order valence-electron chi connectivity index (χ1n) is 5.99. The van der Waals surface area contributed by atoms with Crippen LogP contribution in [0.25, 0.3) is 0 Å². The molecule has 9 heteroatoms. The smallest absolute Gasteiger partial charge is 0.421 e. The van der Waals surface area contributed by atoms with Gasteiger partial charge in [0.15, 0.2) is 0 Å². The molecular formula is C10H18N2O6S. The van der Waals surface area contributed by atoms with Crippen LogP contribution in [0.5, 0.6) is 0 Å². The molecule has 0 unspecified atom stereocenters. The van der Waals surface area contributed by atoms with Gasteiger partial charge in [0.2, 0.25) is 0 Å². The number of hydrogen-bond donors (Lipinski definition) is 3. The van der Waals surface area contributed by atoms with Crippen LogP contribution in [-0.2, 0) is 19.7 Å². The van der Waals surface area contributed by atoms with E-state index in [4.69, 9.17) is 0 Å². The molecule has 0 radical (unpaired) electrons. The molecule has 19 heavy (non-hydrogen) atoms. The van der Waals surface area contributed by atoms with Gasteiger partial charge in [0.25, 0.3) is 0 Å². The average Bonchev–Trinajstić information content (AvgIpc) is 2.76. The molecule has 1 aliphatic rings. The summed E-state index contributed by atoms with van der Waals surface area (Å²) < 4.78 is 31.2. The lowest BCUT2D eigenvalue weighted by Gasteiger charge is -2.23. The van der Waals surface area contributed by atoms with Crippen LogP contribution in [0.3, 0.4) is 0 Å². The third kappa shape index (κ3) is 4.35. The fourth-order valence-electron chi connectivity index (χ4n) is 2.06. The summed E-state index contributed by atoms with van der Waals surface area (Å²) in [7, 11) is -4.10. The number of hydrogen-bond acceptors (Lipinski definition) is 5. The zero-order valence-electron chi connectivity index (χ0n) is 10.6. The maximum atomic E-state index is 11.5. The van der Waals surface area contributed by atoms with Gasteiger partial charge in [-0.25, -0.2) is 9.52 Å². The highest BCUT2D eigenvalue weighted by molar-refractivity contribution is 7.88. The lowest BCUT2D eigenvalue weighted by molar-refractivity contribution is -0.148. The predicted octanol–water partition coefficient (Wildman–Crippen LogP) is 0.212. The molecule has 110 valence electrons. The molecule has 0 aromatic heterocycles. The monoisotopic (exact) mass is 294 g/mol. The van der Waals surface area contributed by atoms with Crippen LogP contribution >= 0.6 is 0 Å². The molecule has 0 aliphatic heterocycles. The van der Waals surface area contributed by atoms with Crippen LogP contribution in [0.1, 0.15) is 32.6 Å². The molecular weight excluding hydrogens is 276 g/mol. The highest BCUT2D eigenvalue weighted by Gasteiger charge is 2.42. The number of carbonyl (C=O) groups excluding carboxylic acids is 1. The van der Waals surface area contributed by atoms with Gasteiger partial charge in [-0.3, -0.25) is 4.79 Å². The van der Waals surface area contributed by atoms with E-state index in [9.17, 15) is 23.1 Å². The number of rotatable bonds is 6. The normalized spacial score (nSPS) is 17.9. The Hall–Kier alpha value is -1.35. The first-order valence-corrected chi connectivity index (χ1v) is 7.47. The molecule has 0 saturated heterocycles. The summed E-state index contributed by atoms with van der Waals surface area (Å²) in [4.78, 5) is 22.2. The zero-order chi connectivity index (χ0) is 14.5. The van der Waals surface area contributed by atoms with Crippen molar-refractivity contribution in [3.63, 3.8) is 0 Å². The Labute approximate surface area is 111 Å². The van der Waals surface area contributed by atoms with E-state index in [1.807, 2.05) is 0 Å². The van der Waals surface area contributed by atoms with Crippen molar-refractivity contribution in [2.24, 2.45) is 5.41 Å². The summed E-state index contributed by atoms with van der Waals surface area (Å²) in [6.07, 6.45) is 1.25. The minimum absolute atomic E-state index is 0.0421. The third-order valence-corrected chi connectivity index (χ3v) is 4.07. The Bertz CT molecular complexity index is 441. The van der Waals surface area contributed by atoms with Crippen molar-refractivity contribution in [1.82, 2.24) is 9.44 Å². The molecule has 0 atom stereocenters. The summed E-state index contributed by atoms with van der Waals surface area (Å²) in [5.41, 5.74) is -1.08. The SMILES string of the molecule is CCOC(=O)NS(=O)(=O)NCC1(C(=O)O)CCCC1. The van der Waals surface area contributed by atoms with Gasteiger partial charge in [-0.15, -0.1) is 0 Å². The van der Waals surface area contributed by atoms with Gasteiger partial charge in [0, 0.05) is 6.54 Å². The molecule has 0 heterocycles. The molecule has 0 aromatic rings. The molecule has 3 N–H and O–H groups in total. The third-order valence-electron chi connectivity index (χ3n) is 3.11. The fraction of sp³-hybridized carbons (Fsp3) is 0.800. The fourth-order valence-corrected chi connectivity index (χ4v) is 2.87. The van der Waals surface area contributed by atoms with Crippen molar-refractivity contribution in [1.29, 1.82) is 0 Å². The molecule has 1 amide bonds. The standard InChI is InChI=1S/C10H18N2O6S/c1-2-18-9(15)12-19(16,17)11-7-10(8(13)14)5-3-4-6-10/h11H,2-7H2,1H3,(H,12,15)(H,13,14). The van der Waals surface area contributed by atoms with Crippen LogP contribution in [0, 0.1) is 5.41 Å². The molecule has 1 rings (SSSR count). The molecule has 1 aliphatic carbocycles. The van der Waals surface area contributed by atoms with Gasteiger partial charge in [-0.2, -0.15) is 13.1 Å². The van der Waals surface area contributed by atoms with Crippen molar-refractivity contribution in [2.75, 3.05) is 13.2 Å². The van der Waals surface area contributed by atoms with E-state index in [1.165, 1.54) is 6.92 Å². The summed E-state index contributed by atoms with van der Waals surface area (Å²) >= 11 is 0. The van der Waals surface area contributed by atoms with Gasteiger partial charge in [-0.1, -0.05) is 12.8 Å². The van der Waals surface area contributed by atoms with E-state index in [-0.39, 0.29) is 13.2 Å². The van der Waals surface area contributed by atoms with E-state index >= 15 is 0 Å². The highest BCUT2D eigenvalue weighted by atomic mass is 32.2. The van der Waals surface area contributed by atoms with Crippen molar-refractivity contribution in [3.8, 4) is 0 Å². The Morgan fingerprint density at radius 3 is 2.37 bits per heavy atom. The molecule has 0 bridgehead atoms. The number of carboxylic acid groups (broad SMARTS) is 1. The van der Waals surface area contributed by atoms with Crippen molar-refractivity contribution in [2.45, 2.75) is 32.6 Å². The van der Waals surface area contributed by atoms with Gasteiger partial charge in [0.05, 0.1) is 12.0 Å². The minimum Gasteiger partial charge on any atom is -0.481 e. The van der Waals surface area contributed by atoms with Gasteiger partial charge < -0.3 is 9.84 Å². The first kappa shape index (κ1) is 15.7. The van der Waals surface area contributed by atoms with Crippen molar-refractivity contribution < 1.29 is 27.9 Å².